The number of hydrogen-bond donors (Lipinski definition) is 0. The molecule has 1 radical (unpaired) electrons. The van der Waals surface area contributed by atoms with Crippen LogP contribution in [-0.2, 0) is 0 Å². The normalized spacial score (nSPS) is 22.9. The lowest BCUT2D eigenvalue weighted by Gasteiger charge is -2.16. The molecule has 0 amide bonds. The largest absolute Gasteiger partial charge is 0.224 e. The van der Waals surface area contributed by atoms with Crippen molar-refractivity contribution in [3.05, 3.63) is 0 Å². The second-order valence-electron chi connectivity index (χ2n) is 2.48. The maximum Gasteiger partial charge on any atom is 0.0319 e. The number of hydrogen-bond acceptors (Lipinski definition) is 1. The maximum atomic E-state index is 4.27. The highest BCUT2D eigenvalue weighted by Gasteiger charge is 2.14. The molecule has 0 N–H and O–H groups in total. The molecule has 2 heteroatoms. The minimum absolute atomic E-state index is 0.609. The van der Waals surface area contributed by atoms with Crippen molar-refractivity contribution in [2.24, 2.45) is 0 Å². The molecule has 0 aromatic carbocycles. The summed E-state index contributed by atoms with van der Waals surface area (Å²) < 4.78 is 0. The van der Waals surface area contributed by atoms with Gasteiger partial charge in [-0.3, -0.25) is 0 Å². The summed E-state index contributed by atoms with van der Waals surface area (Å²) in [7, 11) is 0. The van der Waals surface area contributed by atoms with E-state index in [4.69, 9.17) is 0 Å². The van der Waals surface area contributed by atoms with Gasteiger partial charge in [-0.2, -0.15) is 5.43 Å². The Balaban J connectivity index is 2.24. The fourth-order valence-electron chi connectivity index (χ4n) is 0.924. The average molecular weight is 113 g/mol. The summed E-state index contributed by atoms with van der Waals surface area (Å²) in [6.07, 6.45) is 1.25. The minimum Gasteiger partial charge on any atom is -0.224 e. The molecule has 0 unspecified atom stereocenters. The number of nitrogens with zero attached hydrogens (tertiary/aromatic N) is 2. The van der Waals surface area contributed by atoms with Crippen molar-refractivity contribution in [1.29, 1.82) is 0 Å². The van der Waals surface area contributed by atoms with Crippen LogP contribution in [0.15, 0.2) is 0 Å². The molecule has 1 aliphatic heterocycles. The van der Waals surface area contributed by atoms with E-state index in [0.717, 1.165) is 13.1 Å². The lowest BCUT2D eigenvalue weighted by atomic mass is 10.4. The van der Waals surface area contributed by atoms with E-state index in [9.17, 15) is 0 Å². The van der Waals surface area contributed by atoms with Crippen molar-refractivity contribution in [2.45, 2.75) is 26.3 Å². The third-order valence-electron chi connectivity index (χ3n) is 1.42. The molecular formula is C6H13N2. The molecule has 0 spiro atoms. The predicted molar refractivity (Wildman–Crippen MR) is 33.5 cm³/mol. The van der Waals surface area contributed by atoms with Crippen LogP contribution >= 0.6 is 0 Å². The lowest BCUT2D eigenvalue weighted by molar-refractivity contribution is 0.193. The Bertz CT molecular complexity index is 64.9. The molecule has 1 heterocycles. The van der Waals surface area contributed by atoms with Crippen molar-refractivity contribution in [2.75, 3.05) is 13.1 Å². The summed E-state index contributed by atoms with van der Waals surface area (Å²) >= 11 is 0. The first-order chi connectivity index (χ1) is 3.80. The second-order valence-corrected chi connectivity index (χ2v) is 2.48. The zero-order chi connectivity index (χ0) is 5.98. The SMILES string of the molecule is CC(C)N1CCC[N]1. The monoisotopic (exact) mass is 113 g/mol. The molecule has 0 bridgehead atoms. The Hall–Kier alpha value is -0.0800. The molecule has 0 atom stereocenters. The first-order valence-corrected chi connectivity index (χ1v) is 3.25. The lowest BCUT2D eigenvalue weighted by Crippen LogP contribution is -2.31. The molecule has 2 nitrogen and oxygen atoms in total. The van der Waals surface area contributed by atoms with Crippen LogP contribution < -0.4 is 5.43 Å². The minimum atomic E-state index is 0.609. The third kappa shape index (κ3) is 1.20. The first-order valence-electron chi connectivity index (χ1n) is 3.25. The molecule has 0 aromatic heterocycles. The van der Waals surface area contributed by atoms with Crippen LogP contribution in [0, 0.1) is 0 Å². The van der Waals surface area contributed by atoms with E-state index in [2.05, 4.69) is 24.3 Å². The smallest absolute Gasteiger partial charge is 0.0319 e. The highest BCUT2D eigenvalue weighted by Crippen LogP contribution is 2.02. The van der Waals surface area contributed by atoms with Gasteiger partial charge in [0.15, 0.2) is 0 Å². The third-order valence-corrected chi connectivity index (χ3v) is 1.42. The van der Waals surface area contributed by atoms with Crippen LogP contribution in [0.4, 0.5) is 0 Å². The highest BCUT2D eigenvalue weighted by molar-refractivity contribution is 4.63. The molecule has 8 heavy (non-hydrogen) atoms. The van der Waals surface area contributed by atoms with E-state index in [-0.39, 0.29) is 0 Å². The molecule has 1 saturated heterocycles. The van der Waals surface area contributed by atoms with Gasteiger partial charge in [-0.15, -0.1) is 0 Å². The molecule has 0 aliphatic carbocycles. The summed E-state index contributed by atoms with van der Waals surface area (Å²) in [4.78, 5) is 0. The van der Waals surface area contributed by atoms with Gasteiger partial charge in [0.05, 0.1) is 0 Å². The zero-order valence-corrected chi connectivity index (χ0v) is 5.59. The quantitative estimate of drug-likeness (QED) is 0.487. The summed E-state index contributed by atoms with van der Waals surface area (Å²) in [6, 6.07) is 0.609. The van der Waals surface area contributed by atoms with Crippen LogP contribution in [0.25, 0.3) is 0 Å². The van der Waals surface area contributed by atoms with Gasteiger partial charge in [0.25, 0.3) is 0 Å². The van der Waals surface area contributed by atoms with Crippen LogP contribution in [0.2, 0.25) is 0 Å². The van der Waals surface area contributed by atoms with Crippen molar-refractivity contribution >= 4 is 0 Å². The van der Waals surface area contributed by atoms with E-state index in [1.165, 1.54) is 6.42 Å². The summed E-state index contributed by atoms with van der Waals surface area (Å²) in [6.45, 7) is 6.56. The average Bonchev–Trinajstić information content (AvgIpc) is 2.12. The zero-order valence-electron chi connectivity index (χ0n) is 5.59. The molecular weight excluding hydrogens is 100 g/mol. The molecule has 0 aromatic rings. The van der Waals surface area contributed by atoms with Crippen LogP contribution in [0.5, 0.6) is 0 Å². The van der Waals surface area contributed by atoms with E-state index < -0.39 is 0 Å². The standard InChI is InChI=1S/C6H13N2/c1-6(2)8-5-3-4-7-8/h6H,3-5H2,1-2H3. The van der Waals surface area contributed by atoms with Gasteiger partial charge in [0.1, 0.15) is 0 Å². The van der Waals surface area contributed by atoms with Gasteiger partial charge in [0, 0.05) is 19.1 Å². The predicted octanol–water partition coefficient (Wildman–Crippen LogP) is 0.620. The number of rotatable bonds is 1. The van der Waals surface area contributed by atoms with Crippen molar-refractivity contribution in [1.82, 2.24) is 10.4 Å². The molecule has 0 saturated carbocycles. The Morgan fingerprint density at radius 2 is 2.25 bits per heavy atom. The van der Waals surface area contributed by atoms with Gasteiger partial charge in [-0.25, -0.2) is 5.01 Å². The fraction of sp³-hybridized carbons (Fsp3) is 1.00. The van der Waals surface area contributed by atoms with Crippen LogP contribution in [0.3, 0.4) is 0 Å². The van der Waals surface area contributed by atoms with Crippen LogP contribution in [-0.4, -0.2) is 24.1 Å². The van der Waals surface area contributed by atoms with E-state index >= 15 is 0 Å². The molecule has 47 valence electrons. The van der Waals surface area contributed by atoms with Crippen molar-refractivity contribution in [3.8, 4) is 0 Å². The first kappa shape index (κ1) is 6.05. The van der Waals surface area contributed by atoms with E-state index in [1.807, 2.05) is 0 Å². The highest BCUT2D eigenvalue weighted by atomic mass is 15.5. The molecule has 1 fully saturated rings. The Morgan fingerprint density at radius 1 is 1.50 bits per heavy atom. The van der Waals surface area contributed by atoms with E-state index in [0.29, 0.717) is 6.04 Å². The van der Waals surface area contributed by atoms with Gasteiger partial charge < -0.3 is 0 Å². The van der Waals surface area contributed by atoms with Gasteiger partial charge in [0.2, 0.25) is 0 Å². The van der Waals surface area contributed by atoms with Crippen molar-refractivity contribution < 1.29 is 0 Å². The Labute approximate surface area is 50.8 Å². The maximum absolute atomic E-state index is 4.27. The fourth-order valence-corrected chi connectivity index (χ4v) is 0.924. The van der Waals surface area contributed by atoms with Crippen molar-refractivity contribution in [3.63, 3.8) is 0 Å². The molecule has 1 aliphatic rings. The van der Waals surface area contributed by atoms with E-state index in [1.54, 1.807) is 0 Å². The Morgan fingerprint density at radius 3 is 2.50 bits per heavy atom. The summed E-state index contributed by atoms with van der Waals surface area (Å²) in [5.74, 6) is 0. The van der Waals surface area contributed by atoms with Crippen LogP contribution in [0.1, 0.15) is 20.3 Å². The summed E-state index contributed by atoms with van der Waals surface area (Å²) in [5, 5.41) is 2.15. The molecule has 1 rings (SSSR count). The van der Waals surface area contributed by atoms with Gasteiger partial charge in [-0.05, 0) is 20.3 Å². The topological polar surface area (TPSA) is 17.3 Å². The summed E-state index contributed by atoms with van der Waals surface area (Å²) in [5.41, 5.74) is 4.27. The van der Waals surface area contributed by atoms with Gasteiger partial charge in [-0.1, -0.05) is 0 Å². The Kier molecular flexibility index (Phi) is 1.86. The van der Waals surface area contributed by atoms with Gasteiger partial charge >= 0.3 is 0 Å². The second kappa shape index (κ2) is 2.46.